The maximum absolute atomic E-state index is 11.8. The number of hydrogen-bond acceptors (Lipinski definition) is 4. The predicted molar refractivity (Wildman–Crippen MR) is 73.0 cm³/mol. The van der Waals surface area contributed by atoms with Crippen molar-refractivity contribution in [2.24, 2.45) is 0 Å². The quantitative estimate of drug-likeness (QED) is 0.824. The molecule has 1 atom stereocenters. The largest absolute Gasteiger partial charge is 0.384 e. The lowest BCUT2D eigenvalue weighted by molar-refractivity contribution is 0.350. The molecule has 1 unspecified atom stereocenters. The monoisotopic (exact) mass is 298 g/mol. The van der Waals surface area contributed by atoms with Gasteiger partial charge in [-0.25, -0.2) is 8.42 Å². The summed E-state index contributed by atoms with van der Waals surface area (Å²) in [5.41, 5.74) is 0.544. The van der Waals surface area contributed by atoms with Gasteiger partial charge in [-0.15, -0.1) is 0 Å². The van der Waals surface area contributed by atoms with Gasteiger partial charge >= 0.3 is 0 Å². The highest BCUT2D eigenvalue weighted by molar-refractivity contribution is 7.93. The van der Waals surface area contributed by atoms with Crippen molar-refractivity contribution in [3.05, 3.63) is 28.8 Å². The van der Waals surface area contributed by atoms with Crippen LogP contribution in [0.15, 0.2) is 18.2 Å². The zero-order chi connectivity index (χ0) is 14.5. The Labute approximate surface area is 116 Å². The Kier molecular flexibility index (Phi) is 5.20. The van der Waals surface area contributed by atoms with Gasteiger partial charge in [0.15, 0.2) is 5.25 Å². The molecule has 0 saturated carbocycles. The van der Waals surface area contributed by atoms with Gasteiger partial charge in [-0.05, 0) is 25.1 Å². The minimum Gasteiger partial charge on any atom is -0.384 e. The molecule has 0 spiro atoms. The summed E-state index contributed by atoms with van der Waals surface area (Å²) >= 11 is 5.80. The fourth-order valence-corrected chi connectivity index (χ4v) is 2.13. The van der Waals surface area contributed by atoms with E-state index in [0.717, 1.165) is 0 Å². The molecule has 0 aliphatic carbocycles. The fraction of sp³-hybridized carbons (Fsp3) is 0.250. The predicted octanol–water partition coefficient (Wildman–Crippen LogP) is 1.34. The average Bonchev–Trinajstić information content (AvgIpc) is 2.37. The highest BCUT2D eigenvalue weighted by Crippen LogP contribution is 2.21. The first kappa shape index (κ1) is 15.3. The Bertz CT molecular complexity index is 668. The number of nitrogens with zero attached hydrogens (tertiary/aromatic N) is 1. The summed E-state index contributed by atoms with van der Waals surface area (Å²) < 4.78 is 25.8. The van der Waals surface area contributed by atoms with E-state index < -0.39 is 15.3 Å². The summed E-state index contributed by atoms with van der Waals surface area (Å²) in [6.07, 6.45) is 0. The first-order chi connectivity index (χ1) is 8.90. The second kappa shape index (κ2) is 6.44. The molecule has 0 bridgehead atoms. The van der Waals surface area contributed by atoms with Crippen molar-refractivity contribution >= 4 is 27.3 Å². The van der Waals surface area contributed by atoms with Gasteiger partial charge < -0.3 is 5.11 Å². The normalized spacial score (nSPS) is 11.9. The Hall–Kier alpha value is -1.73. The van der Waals surface area contributed by atoms with Crippen LogP contribution in [0.25, 0.3) is 0 Å². The molecule has 0 fully saturated rings. The van der Waals surface area contributed by atoms with Gasteiger partial charge in [0.25, 0.3) is 0 Å². The molecule has 5 nitrogen and oxygen atoms in total. The lowest BCUT2D eigenvalue weighted by Gasteiger charge is -2.11. The summed E-state index contributed by atoms with van der Waals surface area (Å²) in [5.74, 6) is 5.00. The summed E-state index contributed by atoms with van der Waals surface area (Å²) in [5, 5.41) is 16.5. The second-order valence-corrected chi connectivity index (χ2v) is 6.01. The maximum atomic E-state index is 11.8. The molecule has 0 aliphatic heterocycles. The highest BCUT2D eigenvalue weighted by Gasteiger charge is 2.21. The number of benzene rings is 1. The van der Waals surface area contributed by atoms with Gasteiger partial charge in [0.05, 0.1) is 17.3 Å². The number of aliphatic hydroxyl groups excluding tert-OH is 1. The second-order valence-electron chi connectivity index (χ2n) is 3.57. The Morgan fingerprint density at radius 2 is 2.21 bits per heavy atom. The van der Waals surface area contributed by atoms with E-state index in [4.69, 9.17) is 22.0 Å². The third-order valence-corrected chi connectivity index (χ3v) is 3.96. The lowest BCUT2D eigenvalue weighted by Crippen LogP contribution is -2.24. The zero-order valence-corrected chi connectivity index (χ0v) is 11.6. The standard InChI is InChI=1S/C12H11ClN2O3S/c1-9(8-14)19(17,18)15-12-5-4-11(13)7-10(12)3-2-6-16/h4-5,7,9,15-16H,6H2,1H3. The summed E-state index contributed by atoms with van der Waals surface area (Å²) in [4.78, 5) is 0. The Balaban J connectivity index is 3.19. The van der Waals surface area contributed by atoms with Crippen LogP contribution >= 0.6 is 11.6 Å². The van der Waals surface area contributed by atoms with Crippen LogP contribution in [-0.2, 0) is 10.0 Å². The van der Waals surface area contributed by atoms with E-state index >= 15 is 0 Å². The summed E-state index contributed by atoms with van der Waals surface area (Å²) in [6, 6.07) is 6.07. The van der Waals surface area contributed by atoms with Gasteiger partial charge in [-0.1, -0.05) is 23.4 Å². The van der Waals surface area contributed by atoms with Crippen molar-refractivity contribution in [3.8, 4) is 17.9 Å². The average molecular weight is 299 g/mol. The van der Waals surface area contributed by atoms with E-state index in [1.165, 1.54) is 25.1 Å². The van der Waals surface area contributed by atoms with Crippen molar-refractivity contribution in [2.45, 2.75) is 12.2 Å². The van der Waals surface area contributed by atoms with Crippen molar-refractivity contribution in [3.63, 3.8) is 0 Å². The van der Waals surface area contributed by atoms with Crippen LogP contribution in [-0.4, -0.2) is 25.4 Å². The van der Waals surface area contributed by atoms with E-state index in [1.54, 1.807) is 6.07 Å². The van der Waals surface area contributed by atoms with Gasteiger partial charge in [0.1, 0.15) is 6.61 Å². The molecule has 2 N–H and O–H groups in total. The zero-order valence-electron chi connectivity index (χ0n) is 10.0. The van der Waals surface area contributed by atoms with Crippen LogP contribution in [0.4, 0.5) is 5.69 Å². The number of nitrogens with one attached hydrogen (secondary N) is 1. The molecule has 0 aromatic heterocycles. The van der Waals surface area contributed by atoms with Crippen molar-refractivity contribution in [2.75, 3.05) is 11.3 Å². The lowest BCUT2D eigenvalue weighted by atomic mass is 10.2. The van der Waals surface area contributed by atoms with Crippen molar-refractivity contribution < 1.29 is 13.5 Å². The summed E-state index contributed by atoms with van der Waals surface area (Å²) in [7, 11) is -3.81. The summed E-state index contributed by atoms with van der Waals surface area (Å²) in [6.45, 7) is 0.921. The minimum absolute atomic E-state index is 0.215. The number of aliphatic hydroxyl groups is 1. The van der Waals surface area contributed by atoms with E-state index in [0.29, 0.717) is 10.6 Å². The topological polar surface area (TPSA) is 90.2 Å². The van der Waals surface area contributed by atoms with Crippen LogP contribution < -0.4 is 4.72 Å². The fourth-order valence-electron chi connectivity index (χ4n) is 1.15. The number of halogens is 1. The number of sulfonamides is 1. The van der Waals surface area contributed by atoms with E-state index in [2.05, 4.69) is 16.6 Å². The number of rotatable bonds is 3. The molecule has 19 heavy (non-hydrogen) atoms. The number of anilines is 1. The molecule has 0 saturated heterocycles. The van der Waals surface area contributed by atoms with Crippen LogP contribution in [0.2, 0.25) is 5.02 Å². The molecule has 100 valence electrons. The SMILES string of the molecule is CC(C#N)S(=O)(=O)Nc1ccc(Cl)cc1C#CCO. The third-order valence-electron chi connectivity index (χ3n) is 2.18. The molecule has 7 heteroatoms. The van der Waals surface area contributed by atoms with Crippen LogP contribution in [0, 0.1) is 23.2 Å². The first-order valence-electron chi connectivity index (χ1n) is 5.21. The maximum Gasteiger partial charge on any atom is 0.248 e. The van der Waals surface area contributed by atoms with Crippen LogP contribution in [0.3, 0.4) is 0 Å². The van der Waals surface area contributed by atoms with Crippen LogP contribution in [0.1, 0.15) is 12.5 Å². The molecule has 0 aliphatic rings. The first-order valence-corrected chi connectivity index (χ1v) is 7.13. The number of nitriles is 1. The molecule has 1 aromatic rings. The molecular weight excluding hydrogens is 288 g/mol. The van der Waals surface area contributed by atoms with Gasteiger partial charge in [0.2, 0.25) is 10.0 Å². The molecular formula is C12H11ClN2O3S. The molecule has 0 radical (unpaired) electrons. The van der Waals surface area contributed by atoms with Gasteiger partial charge in [-0.2, -0.15) is 5.26 Å². The molecule has 0 heterocycles. The minimum atomic E-state index is -3.81. The smallest absolute Gasteiger partial charge is 0.248 e. The van der Waals surface area contributed by atoms with E-state index in [-0.39, 0.29) is 12.3 Å². The van der Waals surface area contributed by atoms with Crippen molar-refractivity contribution in [1.29, 1.82) is 5.26 Å². The molecule has 1 rings (SSSR count). The Morgan fingerprint density at radius 1 is 1.53 bits per heavy atom. The van der Waals surface area contributed by atoms with Crippen molar-refractivity contribution in [1.82, 2.24) is 0 Å². The van der Waals surface area contributed by atoms with Gasteiger partial charge in [-0.3, -0.25) is 4.72 Å². The van der Waals surface area contributed by atoms with Gasteiger partial charge in [0, 0.05) is 5.02 Å². The van der Waals surface area contributed by atoms with E-state index in [9.17, 15) is 8.42 Å². The highest BCUT2D eigenvalue weighted by atomic mass is 35.5. The van der Waals surface area contributed by atoms with E-state index in [1.807, 2.05) is 0 Å². The van der Waals surface area contributed by atoms with Crippen LogP contribution in [0.5, 0.6) is 0 Å². The third kappa shape index (κ3) is 4.15. The Morgan fingerprint density at radius 3 is 2.79 bits per heavy atom. The molecule has 1 aromatic carbocycles. The number of hydrogen-bond donors (Lipinski definition) is 2. The molecule has 0 amide bonds.